The lowest BCUT2D eigenvalue weighted by Crippen LogP contribution is -2.19. The largest absolute Gasteiger partial charge is 0.397 e. The summed E-state index contributed by atoms with van der Waals surface area (Å²) in [5, 5.41) is 10.00. The van der Waals surface area contributed by atoms with Crippen LogP contribution in [0.15, 0.2) is 22.7 Å². The Labute approximate surface area is 116 Å². The molecule has 0 saturated carbocycles. The van der Waals surface area contributed by atoms with Crippen LogP contribution in [0.5, 0.6) is 0 Å². The van der Waals surface area contributed by atoms with Crippen molar-refractivity contribution in [1.29, 1.82) is 0 Å². The first-order valence-electron chi connectivity index (χ1n) is 6.50. The zero-order chi connectivity index (χ0) is 14.1. The maximum atomic E-state index is 11.3. The van der Waals surface area contributed by atoms with Crippen LogP contribution in [0.3, 0.4) is 0 Å². The van der Waals surface area contributed by atoms with Crippen molar-refractivity contribution in [3.8, 4) is 0 Å². The van der Waals surface area contributed by atoms with E-state index in [4.69, 9.17) is 10.3 Å². The zero-order valence-electron chi connectivity index (χ0n) is 11.2. The average Bonchev–Trinajstić information content (AvgIpc) is 2.82. The molecular formula is C14H16N4O2. The third-order valence-corrected chi connectivity index (χ3v) is 3.31. The van der Waals surface area contributed by atoms with Gasteiger partial charge in [0.2, 0.25) is 5.91 Å². The van der Waals surface area contributed by atoms with Crippen LogP contribution in [0.2, 0.25) is 0 Å². The Morgan fingerprint density at radius 2 is 2.25 bits per heavy atom. The SMILES string of the molecule is Cc1cc(CNc2cc3c(cc2N)NC(=O)CC3)no1. The summed E-state index contributed by atoms with van der Waals surface area (Å²) in [7, 11) is 0. The Balaban J connectivity index is 1.78. The quantitative estimate of drug-likeness (QED) is 0.744. The highest BCUT2D eigenvalue weighted by Crippen LogP contribution is 2.31. The molecular weight excluding hydrogens is 256 g/mol. The van der Waals surface area contributed by atoms with Crippen molar-refractivity contribution in [2.45, 2.75) is 26.3 Å². The lowest BCUT2D eigenvalue weighted by Gasteiger charge is -2.19. The molecule has 6 heteroatoms. The molecule has 2 aromatic rings. The van der Waals surface area contributed by atoms with Gasteiger partial charge >= 0.3 is 0 Å². The molecule has 1 amide bonds. The van der Waals surface area contributed by atoms with Crippen LogP contribution >= 0.6 is 0 Å². The second-order valence-corrected chi connectivity index (χ2v) is 4.93. The van der Waals surface area contributed by atoms with Crippen molar-refractivity contribution in [3.05, 3.63) is 35.2 Å². The number of nitrogen functional groups attached to an aromatic ring is 1. The zero-order valence-corrected chi connectivity index (χ0v) is 11.2. The lowest BCUT2D eigenvalue weighted by molar-refractivity contribution is -0.116. The molecule has 1 aliphatic heterocycles. The van der Waals surface area contributed by atoms with Crippen LogP contribution in [-0.4, -0.2) is 11.1 Å². The molecule has 0 atom stereocenters. The van der Waals surface area contributed by atoms with Crippen molar-refractivity contribution < 1.29 is 9.32 Å². The number of anilines is 3. The van der Waals surface area contributed by atoms with Crippen molar-refractivity contribution in [2.75, 3.05) is 16.4 Å². The van der Waals surface area contributed by atoms with Crippen LogP contribution in [0.4, 0.5) is 17.1 Å². The first-order valence-corrected chi connectivity index (χ1v) is 6.50. The number of carbonyl (C=O) groups excluding carboxylic acids is 1. The maximum absolute atomic E-state index is 11.3. The fraction of sp³-hybridized carbons (Fsp3) is 0.286. The third kappa shape index (κ3) is 2.45. The third-order valence-electron chi connectivity index (χ3n) is 3.31. The topological polar surface area (TPSA) is 93.2 Å². The van der Waals surface area contributed by atoms with Gasteiger partial charge in [0.15, 0.2) is 0 Å². The number of nitrogens with zero attached hydrogens (tertiary/aromatic N) is 1. The van der Waals surface area contributed by atoms with Crippen LogP contribution in [0.1, 0.15) is 23.4 Å². The summed E-state index contributed by atoms with van der Waals surface area (Å²) in [4.78, 5) is 11.3. The number of nitrogens with two attached hydrogens (primary N) is 1. The van der Waals surface area contributed by atoms with Gasteiger partial charge in [0, 0.05) is 18.2 Å². The van der Waals surface area contributed by atoms with E-state index in [2.05, 4.69) is 15.8 Å². The van der Waals surface area contributed by atoms with Crippen molar-refractivity contribution in [1.82, 2.24) is 5.16 Å². The van der Waals surface area contributed by atoms with Gasteiger partial charge in [-0.25, -0.2) is 0 Å². The van der Waals surface area contributed by atoms with Gasteiger partial charge < -0.3 is 20.9 Å². The molecule has 4 N–H and O–H groups in total. The van der Waals surface area contributed by atoms with E-state index in [1.807, 2.05) is 19.1 Å². The second kappa shape index (κ2) is 4.88. The summed E-state index contributed by atoms with van der Waals surface area (Å²) in [6.07, 6.45) is 1.25. The standard InChI is InChI=1S/C14H16N4O2/c1-8-4-10(18-20-8)7-16-13-5-9-2-3-14(19)17-12(9)6-11(13)15/h4-6,16H,2-3,7,15H2,1H3,(H,17,19). The Kier molecular flexibility index (Phi) is 3.06. The normalized spacial score (nSPS) is 13.8. The number of nitrogens with one attached hydrogen (secondary N) is 2. The van der Waals surface area contributed by atoms with Crippen molar-refractivity contribution in [3.63, 3.8) is 0 Å². The van der Waals surface area contributed by atoms with Crippen molar-refractivity contribution in [2.24, 2.45) is 0 Å². The average molecular weight is 272 g/mol. The number of amides is 1. The molecule has 2 heterocycles. The molecule has 1 aliphatic rings. The highest BCUT2D eigenvalue weighted by molar-refractivity contribution is 5.95. The number of fused-ring (bicyclic) bond motifs is 1. The Morgan fingerprint density at radius 3 is 3.00 bits per heavy atom. The minimum absolute atomic E-state index is 0.0377. The first-order chi connectivity index (χ1) is 9.61. The van der Waals surface area contributed by atoms with Gasteiger partial charge in [0.1, 0.15) is 11.5 Å². The number of rotatable bonds is 3. The minimum atomic E-state index is 0.0377. The summed E-state index contributed by atoms with van der Waals surface area (Å²) in [5.41, 5.74) is 10.2. The molecule has 104 valence electrons. The second-order valence-electron chi connectivity index (χ2n) is 4.93. The summed E-state index contributed by atoms with van der Waals surface area (Å²) in [6.45, 7) is 2.40. The predicted octanol–water partition coefficient (Wildman–Crippen LogP) is 2.06. The molecule has 0 aliphatic carbocycles. The van der Waals surface area contributed by atoms with Gasteiger partial charge in [-0.1, -0.05) is 5.16 Å². The van der Waals surface area contributed by atoms with Gasteiger partial charge in [-0.2, -0.15) is 0 Å². The Morgan fingerprint density at radius 1 is 1.40 bits per heavy atom. The van der Waals surface area contributed by atoms with E-state index < -0.39 is 0 Å². The molecule has 0 radical (unpaired) electrons. The first kappa shape index (κ1) is 12.5. The molecule has 0 bridgehead atoms. The number of aromatic nitrogens is 1. The number of aryl methyl sites for hydroxylation is 2. The summed E-state index contributed by atoms with van der Waals surface area (Å²) in [6, 6.07) is 5.65. The van der Waals surface area contributed by atoms with E-state index in [9.17, 15) is 4.79 Å². The van der Waals surface area contributed by atoms with E-state index >= 15 is 0 Å². The van der Waals surface area contributed by atoms with E-state index in [-0.39, 0.29) is 5.91 Å². The number of carbonyl (C=O) groups is 1. The van der Waals surface area contributed by atoms with Gasteiger partial charge in [-0.05, 0) is 31.0 Å². The molecule has 3 rings (SSSR count). The molecule has 0 spiro atoms. The lowest BCUT2D eigenvalue weighted by atomic mass is 10.0. The summed E-state index contributed by atoms with van der Waals surface area (Å²) < 4.78 is 5.02. The molecule has 0 unspecified atom stereocenters. The summed E-state index contributed by atoms with van der Waals surface area (Å²) >= 11 is 0. The monoisotopic (exact) mass is 272 g/mol. The maximum Gasteiger partial charge on any atom is 0.224 e. The smallest absolute Gasteiger partial charge is 0.224 e. The highest BCUT2D eigenvalue weighted by atomic mass is 16.5. The van der Waals surface area contributed by atoms with Crippen LogP contribution in [0.25, 0.3) is 0 Å². The van der Waals surface area contributed by atoms with Gasteiger partial charge in [0.25, 0.3) is 0 Å². The number of hydrogen-bond acceptors (Lipinski definition) is 5. The predicted molar refractivity (Wildman–Crippen MR) is 76.4 cm³/mol. The van der Waals surface area contributed by atoms with Gasteiger partial charge in [0.05, 0.1) is 17.9 Å². The molecule has 6 nitrogen and oxygen atoms in total. The minimum Gasteiger partial charge on any atom is -0.397 e. The molecule has 1 aromatic carbocycles. The Bertz CT molecular complexity index is 663. The molecule has 1 aromatic heterocycles. The van der Waals surface area contributed by atoms with E-state index in [0.29, 0.717) is 18.7 Å². The number of hydrogen-bond donors (Lipinski definition) is 3. The van der Waals surface area contributed by atoms with E-state index in [1.165, 1.54) is 0 Å². The molecule has 0 saturated heterocycles. The Hall–Kier alpha value is -2.50. The van der Waals surface area contributed by atoms with Crippen molar-refractivity contribution >= 4 is 23.0 Å². The van der Waals surface area contributed by atoms with E-state index in [1.54, 1.807) is 6.07 Å². The fourth-order valence-electron chi connectivity index (χ4n) is 2.29. The fourth-order valence-corrected chi connectivity index (χ4v) is 2.29. The van der Waals surface area contributed by atoms with Crippen LogP contribution < -0.4 is 16.4 Å². The van der Waals surface area contributed by atoms with Crippen LogP contribution in [0, 0.1) is 6.92 Å². The summed E-state index contributed by atoms with van der Waals surface area (Å²) in [5.74, 6) is 0.818. The van der Waals surface area contributed by atoms with E-state index in [0.717, 1.165) is 34.8 Å². The van der Waals surface area contributed by atoms with Gasteiger partial charge in [-0.3, -0.25) is 4.79 Å². The molecule has 20 heavy (non-hydrogen) atoms. The van der Waals surface area contributed by atoms with Crippen LogP contribution in [-0.2, 0) is 17.8 Å². The highest BCUT2D eigenvalue weighted by Gasteiger charge is 2.16. The van der Waals surface area contributed by atoms with Gasteiger partial charge in [-0.15, -0.1) is 0 Å². The molecule has 0 fully saturated rings. The number of benzene rings is 1.